The maximum absolute atomic E-state index is 6.68. The lowest BCUT2D eigenvalue weighted by atomic mass is 9.96. The van der Waals surface area contributed by atoms with E-state index in [1.807, 2.05) is 12.1 Å². The van der Waals surface area contributed by atoms with Crippen LogP contribution in [-0.2, 0) is 0 Å². The Morgan fingerprint density at radius 3 is 1.60 bits per heavy atom. The number of benzene rings is 10. The number of furan rings is 1. The lowest BCUT2D eigenvalue weighted by Crippen LogP contribution is -2.07. The molecule has 3 aromatic heterocycles. The summed E-state index contributed by atoms with van der Waals surface area (Å²) in [7, 11) is 0. The van der Waals surface area contributed by atoms with Gasteiger partial charge in [-0.15, -0.1) is 0 Å². The van der Waals surface area contributed by atoms with Crippen LogP contribution in [0.5, 0.6) is 0 Å². The Kier molecular flexibility index (Phi) is 6.95. The third-order valence-electron chi connectivity index (χ3n) is 12.2. The van der Waals surface area contributed by atoms with Gasteiger partial charge in [0, 0.05) is 38.1 Å². The molecule has 5 heteroatoms. The van der Waals surface area contributed by atoms with E-state index in [9.17, 15) is 0 Å². The van der Waals surface area contributed by atoms with Crippen LogP contribution in [0.1, 0.15) is 0 Å². The summed E-state index contributed by atoms with van der Waals surface area (Å²) < 4.78 is 8.91. The van der Waals surface area contributed by atoms with E-state index in [0.717, 1.165) is 66.0 Å². The molecule has 0 aliphatic rings. The van der Waals surface area contributed by atoms with Crippen molar-refractivity contribution in [3.63, 3.8) is 0 Å². The van der Waals surface area contributed by atoms with Gasteiger partial charge in [-0.25, -0.2) is 4.98 Å². The molecule has 3 heterocycles. The quantitative estimate of drug-likeness (QED) is 0.179. The molecule has 278 valence electrons. The molecule has 13 rings (SSSR count). The van der Waals surface area contributed by atoms with Gasteiger partial charge in [0.05, 0.1) is 11.0 Å². The first-order valence-corrected chi connectivity index (χ1v) is 20.3. The fourth-order valence-corrected chi connectivity index (χ4v) is 9.50. The first-order valence-electron chi connectivity index (χ1n) is 20.3. The normalized spacial score (nSPS) is 12.0. The minimum atomic E-state index is 0.545. The van der Waals surface area contributed by atoms with Gasteiger partial charge in [0.25, 0.3) is 0 Å². The molecular formula is C55H32N4O. The van der Waals surface area contributed by atoms with Crippen molar-refractivity contribution in [2.75, 3.05) is 0 Å². The van der Waals surface area contributed by atoms with E-state index in [1.54, 1.807) is 0 Å². The molecule has 0 spiro atoms. The first kappa shape index (κ1) is 32.9. The Bertz CT molecular complexity index is 3820. The highest BCUT2D eigenvalue weighted by atomic mass is 16.3. The fourth-order valence-electron chi connectivity index (χ4n) is 9.50. The molecule has 13 aromatic rings. The van der Waals surface area contributed by atoms with E-state index in [2.05, 4.69) is 187 Å². The molecule has 10 aromatic carbocycles. The fraction of sp³-hybridized carbons (Fsp3) is 0. The van der Waals surface area contributed by atoms with Crippen LogP contribution in [0, 0.1) is 0 Å². The Morgan fingerprint density at radius 1 is 0.350 bits per heavy atom. The smallest absolute Gasteiger partial charge is 0.238 e. The average Bonchev–Trinajstić information content (AvgIpc) is 3.88. The minimum absolute atomic E-state index is 0.545. The van der Waals surface area contributed by atoms with Gasteiger partial charge in [-0.05, 0) is 79.2 Å². The zero-order valence-electron chi connectivity index (χ0n) is 32.2. The molecule has 0 unspecified atom stereocenters. The second kappa shape index (κ2) is 12.7. The SMILES string of the molecule is c1ccc(-c2nc(-c3cccc4oc5c6ccccc6ccc5c34)nc(-n3c4ccc5ccccc5c4c4c5ccccc5ccc43)n2)c(-c2ccc3ccccc3c2)c1. The van der Waals surface area contributed by atoms with Crippen LogP contribution in [0.2, 0.25) is 0 Å². The van der Waals surface area contributed by atoms with E-state index >= 15 is 0 Å². The van der Waals surface area contributed by atoms with Gasteiger partial charge in [-0.1, -0.05) is 164 Å². The van der Waals surface area contributed by atoms with Crippen LogP contribution in [0.15, 0.2) is 199 Å². The molecule has 0 saturated heterocycles. The van der Waals surface area contributed by atoms with Gasteiger partial charge < -0.3 is 4.42 Å². The van der Waals surface area contributed by atoms with Crippen LogP contribution in [0.3, 0.4) is 0 Å². The Hall–Kier alpha value is -8.15. The second-order valence-corrected chi connectivity index (χ2v) is 15.5. The maximum Gasteiger partial charge on any atom is 0.238 e. The van der Waals surface area contributed by atoms with Gasteiger partial charge in [-0.2, -0.15) is 9.97 Å². The van der Waals surface area contributed by atoms with Gasteiger partial charge >= 0.3 is 0 Å². The molecule has 0 saturated carbocycles. The highest BCUT2D eigenvalue weighted by Gasteiger charge is 2.23. The topological polar surface area (TPSA) is 56.7 Å². The molecular weight excluding hydrogens is 733 g/mol. The highest BCUT2D eigenvalue weighted by molar-refractivity contribution is 6.28. The van der Waals surface area contributed by atoms with E-state index in [1.165, 1.54) is 43.1 Å². The largest absolute Gasteiger partial charge is 0.455 e. The van der Waals surface area contributed by atoms with Crippen molar-refractivity contribution in [1.29, 1.82) is 0 Å². The van der Waals surface area contributed by atoms with Gasteiger partial charge in [0.2, 0.25) is 5.95 Å². The van der Waals surface area contributed by atoms with Crippen molar-refractivity contribution in [2.45, 2.75) is 0 Å². The summed E-state index contributed by atoms with van der Waals surface area (Å²) in [5.74, 6) is 1.70. The zero-order chi connectivity index (χ0) is 39.3. The molecule has 0 N–H and O–H groups in total. The Balaban J connectivity index is 1.15. The molecule has 0 atom stereocenters. The van der Waals surface area contributed by atoms with E-state index < -0.39 is 0 Å². The summed E-state index contributed by atoms with van der Waals surface area (Å²) in [6, 6.07) is 68.5. The van der Waals surface area contributed by atoms with Crippen molar-refractivity contribution in [3.05, 3.63) is 194 Å². The monoisotopic (exact) mass is 764 g/mol. The molecule has 0 aliphatic carbocycles. The van der Waals surface area contributed by atoms with Crippen LogP contribution >= 0.6 is 0 Å². The highest BCUT2D eigenvalue weighted by Crippen LogP contribution is 2.43. The van der Waals surface area contributed by atoms with Crippen molar-refractivity contribution in [3.8, 4) is 39.9 Å². The third kappa shape index (κ3) is 4.84. The van der Waals surface area contributed by atoms with Crippen LogP contribution < -0.4 is 0 Å². The number of aromatic nitrogens is 4. The predicted molar refractivity (Wildman–Crippen MR) is 248 cm³/mol. The molecule has 0 amide bonds. The summed E-state index contributed by atoms with van der Waals surface area (Å²) in [6.07, 6.45) is 0. The number of rotatable bonds is 4. The van der Waals surface area contributed by atoms with Gasteiger partial charge in [-0.3, -0.25) is 4.57 Å². The van der Waals surface area contributed by atoms with Crippen LogP contribution in [-0.4, -0.2) is 19.5 Å². The molecule has 0 fully saturated rings. The first-order chi connectivity index (χ1) is 29.7. The van der Waals surface area contributed by atoms with Crippen molar-refractivity contribution < 1.29 is 4.42 Å². The lowest BCUT2D eigenvalue weighted by Gasteiger charge is -2.14. The number of fused-ring (bicyclic) bond motifs is 13. The maximum atomic E-state index is 6.68. The number of hydrogen-bond acceptors (Lipinski definition) is 4. The predicted octanol–water partition coefficient (Wildman–Crippen LogP) is 14.5. The van der Waals surface area contributed by atoms with E-state index in [-0.39, 0.29) is 0 Å². The third-order valence-corrected chi connectivity index (χ3v) is 12.2. The number of nitrogens with zero attached hydrogens (tertiary/aromatic N) is 4. The van der Waals surface area contributed by atoms with Crippen LogP contribution in [0.25, 0.3) is 127 Å². The Morgan fingerprint density at radius 2 is 0.883 bits per heavy atom. The van der Waals surface area contributed by atoms with Crippen LogP contribution in [0.4, 0.5) is 0 Å². The lowest BCUT2D eigenvalue weighted by molar-refractivity contribution is 0.672. The standard InChI is InChI=1S/C55H32N4O/c1-2-16-37-32-38(25-24-33(37)12-1)39-17-9-10-21-43(39)53-56-54(45-22-11-23-48-49(45)44-29-26-36-15-5-8-20-42(36)52(44)60-48)58-55(57-53)59-46-30-27-34-13-3-6-18-40(34)50(46)51-41-19-7-4-14-35(41)28-31-47(51)59/h1-32H. The van der Waals surface area contributed by atoms with Crippen molar-refractivity contribution >= 4 is 86.8 Å². The zero-order valence-corrected chi connectivity index (χ0v) is 32.2. The summed E-state index contributed by atoms with van der Waals surface area (Å²) in [6.45, 7) is 0. The van der Waals surface area contributed by atoms with E-state index in [4.69, 9.17) is 19.4 Å². The molecule has 0 aliphatic heterocycles. The second-order valence-electron chi connectivity index (χ2n) is 15.5. The van der Waals surface area contributed by atoms with E-state index in [0.29, 0.717) is 17.6 Å². The molecule has 60 heavy (non-hydrogen) atoms. The Labute approximate surface area is 343 Å². The van der Waals surface area contributed by atoms with Crippen molar-refractivity contribution in [2.24, 2.45) is 0 Å². The van der Waals surface area contributed by atoms with Gasteiger partial charge in [0.1, 0.15) is 11.2 Å². The molecule has 0 radical (unpaired) electrons. The summed E-state index contributed by atoms with van der Waals surface area (Å²) in [5.41, 5.74) is 7.65. The molecule has 0 bridgehead atoms. The van der Waals surface area contributed by atoms with Crippen molar-refractivity contribution in [1.82, 2.24) is 19.5 Å². The summed E-state index contributed by atoms with van der Waals surface area (Å²) >= 11 is 0. The number of hydrogen-bond donors (Lipinski definition) is 0. The average molecular weight is 765 g/mol. The minimum Gasteiger partial charge on any atom is -0.455 e. The molecule has 5 nitrogen and oxygen atoms in total. The van der Waals surface area contributed by atoms with Gasteiger partial charge in [0.15, 0.2) is 11.6 Å². The summed E-state index contributed by atoms with van der Waals surface area (Å²) in [4.78, 5) is 16.4. The summed E-state index contributed by atoms with van der Waals surface area (Å²) in [5, 5.41) is 13.7.